The van der Waals surface area contributed by atoms with Crippen molar-refractivity contribution in [1.82, 2.24) is 4.90 Å². The van der Waals surface area contributed by atoms with Gasteiger partial charge in [-0.05, 0) is 46.0 Å². The highest BCUT2D eigenvalue weighted by Crippen LogP contribution is 2.30. The second-order valence-corrected chi connectivity index (χ2v) is 7.49. The molecule has 1 amide bonds. The number of nitrogens with one attached hydrogen (secondary N) is 1. The first-order chi connectivity index (χ1) is 10.2. The summed E-state index contributed by atoms with van der Waals surface area (Å²) in [4.78, 5) is 16.6. The van der Waals surface area contributed by atoms with E-state index in [0.29, 0.717) is 0 Å². The summed E-state index contributed by atoms with van der Waals surface area (Å²) in [5.41, 5.74) is 1.29. The minimum atomic E-state index is -0.510. The number of ether oxygens (including phenoxy) is 1. The highest BCUT2D eigenvalue weighted by atomic mass is 79.9. The van der Waals surface area contributed by atoms with Crippen LogP contribution in [-0.4, -0.2) is 49.8 Å². The van der Waals surface area contributed by atoms with Crippen LogP contribution in [0.25, 0.3) is 0 Å². The van der Waals surface area contributed by atoms with Crippen molar-refractivity contribution < 1.29 is 9.53 Å². The van der Waals surface area contributed by atoms with Gasteiger partial charge in [0.2, 0.25) is 0 Å². The van der Waals surface area contributed by atoms with E-state index in [0.717, 1.165) is 42.0 Å². The predicted octanol–water partition coefficient (Wildman–Crippen LogP) is 3.55. The maximum Gasteiger partial charge on any atom is 0.412 e. The third-order valence-electron chi connectivity index (χ3n) is 3.44. The molecule has 1 N–H and O–H groups in total. The molecule has 1 fully saturated rings. The molecule has 1 aromatic rings. The molecule has 5 nitrogen and oxygen atoms in total. The molecule has 0 bridgehead atoms. The first kappa shape index (κ1) is 17.1. The molecule has 0 spiro atoms. The van der Waals surface area contributed by atoms with Crippen molar-refractivity contribution in [3.8, 4) is 0 Å². The number of carbonyl (C=O) groups is 1. The summed E-state index contributed by atoms with van der Waals surface area (Å²) in [6.45, 7) is 9.49. The van der Waals surface area contributed by atoms with Crippen LogP contribution in [0.2, 0.25) is 0 Å². The van der Waals surface area contributed by atoms with E-state index >= 15 is 0 Å². The Balaban J connectivity index is 2.16. The van der Waals surface area contributed by atoms with Crippen molar-refractivity contribution in [1.29, 1.82) is 0 Å². The average molecular weight is 370 g/mol. The van der Waals surface area contributed by atoms with E-state index in [-0.39, 0.29) is 0 Å². The van der Waals surface area contributed by atoms with Gasteiger partial charge in [0.05, 0.1) is 11.4 Å². The number of rotatable bonds is 2. The second-order valence-electron chi connectivity index (χ2n) is 6.58. The highest BCUT2D eigenvalue weighted by Gasteiger charge is 2.21. The summed E-state index contributed by atoms with van der Waals surface area (Å²) in [7, 11) is 2.12. The van der Waals surface area contributed by atoms with Crippen molar-refractivity contribution >= 4 is 33.4 Å². The number of halogens is 1. The van der Waals surface area contributed by atoms with Crippen molar-refractivity contribution in [3.63, 3.8) is 0 Å². The summed E-state index contributed by atoms with van der Waals surface area (Å²) in [6.07, 6.45) is -0.430. The lowest BCUT2D eigenvalue weighted by molar-refractivity contribution is 0.0636. The molecule has 22 heavy (non-hydrogen) atoms. The second kappa shape index (κ2) is 6.87. The molecular weight excluding hydrogens is 346 g/mol. The van der Waals surface area contributed by atoms with Crippen molar-refractivity contribution in [2.24, 2.45) is 0 Å². The molecule has 2 rings (SSSR count). The van der Waals surface area contributed by atoms with E-state index < -0.39 is 11.7 Å². The maximum absolute atomic E-state index is 12.1. The molecule has 1 aliphatic rings. The maximum atomic E-state index is 12.1. The normalized spacial score (nSPS) is 16.5. The molecule has 1 heterocycles. The molecule has 6 heteroatoms. The van der Waals surface area contributed by atoms with Crippen molar-refractivity contribution in [2.75, 3.05) is 43.4 Å². The minimum Gasteiger partial charge on any atom is -0.444 e. The fourth-order valence-corrected chi connectivity index (χ4v) is 2.71. The molecule has 0 atom stereocenters. The summed E-state index contributed by atoms with van der Waals surface area (Å²) < 4.78 is 6.28. The first-order valence-electron chi connectivity index (χ1n) is 7.48. The summed E-state index contributed by atoms with van der Waals surface area (Å²) in [5.74, 6) is 0. The first-order valence-corrected chi connectivity index (χ1v) is 8.27. The molecule has 122 valence electrons. The molecule has 0 aliphatic carbocycles. The van der Waals surface area contributed by atoms with E-state index in [1.54, 1.807) is 0 Å². The SMILES string of the molecule is CN1CCN(c2ccc(Br)cc2NC(=O)OC(C)(C)C)CC1. The minimum absolute atomic E-state index is 0.430. The van der Waals surface area contributed by atoms with E-state index in [1.165, 1.54) is 0 Å². The lowest BCUT2D eigenvalue weighted by atomic mass is 10.2. The van der Waals surface area contributed by atoms with Gasteiger partial charge in [-0.15, -0.1) is 0 Å². The van der Waals surface area contributed by atoms with Gasteiger partial charge in [-0.3, -0.25) is 5.32 Å². The Labute approximate surface area is 140 Å². The van der Waals surface area contributed by atoms with Gasteiger partial charge < -0.3 is 14.5 Å². The van der Waals surface area contributed by atoms with E-state index in [1.807, 2.05) is 39.0 Å². The van der Waals surface area contributed by atoms with Gasteiger partial charge in [-0.2, -0.15) is 0 Å². The molecule has 1 aromatic carbocycles. The summed E-state index contributed by atoms with van der Waals surface area (Å²) in [6, 6.07) is 5.94. The van der Waals surface area contributed by atoms with E-state index in [4.69, 9.17) is 4.74 Å². The van der Waals surface area contributed by atoms with E-state index in [2.05, 4.69) is 38.1 Å². The van der Waals surface area contributed by atoms with Gasteiger partial charge in [0.25, 0.3) is 0 Å². The Kier molecular flexibility index (Phi) is 5.34. The Morgan fingerprint density at radius 2 is 1.86 bits per heavy atom. The fourth-order valence-electron chi connectivity index (χ4n) is 2.35. The Morgan fingerprint density at radius 1 is 1.23 bits per heavy atom. The Hall–Kier alpha value is -1.27. The summed E-state index contributed by atoms with van der Waals surface area (Å²) >= 11 is 3.46. The number of hydrogen-bond acceptors (Lipinski definition) is 4. The number of anilines is 2. The molecule has 0 aromatic heterocycles. The highest BCUT2D eigenvalue weighted by molar-refractivity contribution is 9.10. The van der Waals surface area contributed by atoms with E-state index in [9.17, 15) is 4.79 Å². The number of amides is 1. The number of carbonyl (C=O) groups excluding carboxylic acids is 1. The number of benzene rings is 1. The Bertz CT molecular complexity index is 535. The molecule has 0 saturated carbocycles. The quantitative estimate of drug-likeness (QED) is 0.865. The third-order valence-corrected chi connectivity index (χ3v) is 3.93. The molecule has 1 saturated heterocycles. The molecular formula is C16H24BrN3O2. The number of hydrogen-bond donors (Lipinski definition) is 1. The van der Waals surface area contributed by atoms with Crippen LogP contribution in [-0.2, 0) is 4.74 Å². The average Bonchev–Trinajstić information content (AvgIpc) is 2.38. The fraction of sp³-hybridized carbons (Fsp3) is 0.562. The molecule has 1 aliphatic heterocycles. The van der Waals surface area contributed by atoms with Crippen LogP contribution in [0.3, 0.4) is 0 Å². The van der Waals surface area contributed by atoms with Crippen LogP contribution in [0.5, 0.6) is 0 Å². The largest absolute Gasteiger partial charge is 0.444 e. The molecule has 0 unspecified atom stereocenters. The lowest BCUT2D eigenvalue weighted by Gasteiger charge is -2.35. The van der Waals surface area contributed by atoms with Crippen LogP contribution in [0.4, 0.5) is 16.2 Å². The zero-order chi connectivity index (χ0) is 16.3. The van der Waals surface area contributed by atoms with Crippen LogP contribution in [0, 0.1) is 0 Å². The standard InChI is InChI=1S/C16H24BrN3O2/c1-16(2,3)22-15(21)18-13-11-12(17)5-6-14(13)20-9-7-19(4)8-10-20/h5-6,11H,7-10H2,1-4H3,(H,18,21). The number of nitrogens with zero attached hydrogens (tertiary/aromatic N) is 2. The Morgan fingerprint density at radius 3 is 2.45 bits per heavy atom. The summed E-state index contributed by atoms with van der Waals surface area (Å²) in [5, 5.41) is 2.87. The zero-order valence-electron chi connectivity index (χ0n) is 13.6. The van der Waals surface area contributed by atoms with Crippen LogP contribution >= 0.6 is 15.9 Å². The monoisotopic (exact) mass is 369 g/mol. The molecule has 0 radical (unpaired) electrons. The van der Waals surface area contributed by atoms with Crippen molar-refractivity contribution in [2.45, 2.75) is 26.4 Å². The van der Waals surface area contributed by atoms with Gasteiger partial charge in [0.1, 0.15) is 5.60 Å². The smallest absolute Gasteiger partial charge is 0.412 e. The van der Waals surface area contributed by atoms with Crippen LogP contribution in [0.1, 0.15) is 20.8 Å². The zero-order valence-corrected chi connectivity index (χ0v) is 15.2. The van der Waals surface area contributed by atoms with Gasteiger partial charge in [0, 0.05) is 30.7 Å². The topological polar surface area (TPSA) is 44.8 Å². The van der Waals surface area contributed by atoms with Crippen LogP contribution < -0.4 is 10.2 Å². The van der Waals surface area contributed by atoms with Gasteiger partial charge in [0.15, 0.2) is 0 Å². The number of likely N-dealkylation sites (N-methyl/N-ethyl adjacent to an activating group) is 1. The van der Waals surface area contributed by atoms with Gasteiger partial charge in [-0.1, -0.05) is 15.9 Å². The number of piperazine rings is 1. The van der Waals surface area contributed by atoms with Crippen molar-refractivity contribution in [3.05, 3.63) is 22.7 Å². The lowest BCUT2D eigenvalue weighted by Crippen LogP contribution is -2.44. The van der Waals surface area contributed by atoms with Crippen LogP contribution in [0.15, 0.2) is 22.7 Å². The third kappa shape index (κ3) is 4.88. The van der Waals surface area contributed by atoms with Gasteiger partial charge >= 0.3 is 6.09 Å². The predicted molar refractivity (Wildman–Crippen MR) is 93.7 cm³/mol. The van der Waals surface area contributed by atoms with Gasteiger partial charge in [-0.25, -0.2) is 4.79 Å².